The fraction of sp³-hybridized carbons (Fsp3) is 0.316. The summed E-state index contributed by atoms with van der Waals surface area (Å²) in [5.41, 5.74) is 0.766. The van der Waals surface area contributed by atoms with Crippen LogP contribution < -0.4 is 9.46 Å². The fourth-order valence-electron chi connectivity index (χ4n) is 3.03. The summed E-state index contributed by atoms with van der Waals surface area (Å²) in [6, 6.07) is 11.3. The Morgan fingerprint density at radius 3 is 2.37 bits per heavy atom. The number of nitrogens with one attached hydrogen (secondary N) is 1. The number of nitrogens with zero attached hydrogens (tertiary/aromatic N) is 1. The zero-order chi connectivity index (χ0) is 19.4. The van der Waals surface area contributed by atoms with Gasteiger partial charge < -0.3 is 9.64 Å². The molecule has 27 heavy (non-hydrogen) atoms. The summed E-state index contributed by atoms with van der Waals surface area (Å²) >= 11 is 3.32. The number of ether oxygens (including phenoxy) is 1. The van der Waals surface area contributed by atoms with Gasteiger partial charge in [-0.25, -0.2) is 8.42 Å². The number of anilines is 1. The summed E-state index contributed by atoms with van der Waals surface area (Å²) < 4.78 is 34.4. The Labute approximate surface area is 167 Å². The van der Waals surface area contributed by atoms with Gasteiger partial charge in [0, 0.05) is 28.8 Å². The van der Waals surface area contributed by atoms with Crippen molar-refractivity contribution >= 4 is 37.5 Å². The van der Waals surface area contributed by atoms with Crippen LogP contribution in [0.2, 0.25) is 0 Å². The topological polar surface area (TPSA) is 75.7 Å². The lowest BCUT2D eigenvalue weighted by Gasteiger charge is -2.27. The predicted molar refractivity (Wildman–Crippen MR) is 108 cm³/mol. The normalized spacial score (nSPS) is 14.7. The average molecular weight is 453 g/mol. The third kappa shape index (κ3) is 4.62. The molecule has 0 spiro atoms. The Hall–Kier alpha value is -2.06. The van der Waals surface area contributed by atoms with Crippen molar-refractivity contribution in [3.8, 4) is 5.75 Å². The van der Waals surface area contributed by atoms with E-state index in [1.165, 1.54) is 19.2 Å². The van der Waals surface area contributed by atoms with Crippen molar-refractivity contribution in [3.05, 3.63) is 52.5 Å². The van der Waals surface area contributed by atoms with Gasteiger partial charge in [-0.2, -0.15) is 0 Å². The summed E-state index contributed by atoms with van der Waals surface area (Å²) in [7, 11) is -2.51. The molecule has 0 radical (unpaired) electrons. The van der Waals surface area contributed by atoms with Crippen LogP contribution in [0.4, 0.5) is 5.69 Å². The highest BCUT2D eigenvalue weighted by Gasteiger charge is 2.24. The molecular weight excluding hydrogens is 432 g/mol. The number of hydrogen-bond acceptors (Lipinski definition) is 4. The van der Waals surface area contributed by atoms with E-state index in [9.17, 15) is 13.2 Å². The van der Waals surface area contributed by atoms with Crippen molar-refractivity contribution in [2.24, 2.45) is 0 Å². The van der Waals surface area contributed by atoms with Crippen LogP contribution in [0.5, 0.6) is 5.75 Å². The highest BCUT2D eigenvalue weighted by molar-refractivity contribution is 9.10. The highest BCUT2D eigenvalue weighted by atomic mass is 79.9. The summed E-state index contributed by atoms with van der Waals surface area (Å²) in [4.78, 5) is 14.4. The largest absolute Gasteiger partial charge is 0.495 e. The van der Waals surface area contributed by atoms with Gasteiger partial charge in [0.05, 0.1) is 7.11 Å². The molecule has 6 nitrogen and oxygen atoms in total. The van der Waals surface area contributed by atoms with Crippen molar-refractivity contribution in [2.75, 3.05) is 24.9 Å². The molecule has 0 unspecified atom stereocenters. The minimum absolute atomic E-state index is 0.0595. The minimum Gasteiger partial charge on any atom is -0.495 e. The van der Waals surface area contributed by atoms with Crippen molar-refractivity contribution in [1.82, 2.24) is 4.90 Å². The Balaban J connectivity index is 1.92. The fourth-order valence-corrected chi connectivity index (χ4v) is 4.55. The molecule has 0 saturated carbocycles. The van der Waals surface area contributed by atoms with E-state index in [1.807, 2.05) is 0 Å². The maximum absolute atomic E-state index is 12.9. The molecule has 1 amide bonds. The average Bonchev–Trinajstić information content (AvgIpc) is 2.69. The molecule has 1 aliphatic rings. The quantitative estimate of drug-likeness (QED) is 0.746. The van der Waals surface area contributed by atoms with Gasteiger partial charge in [0.25, 0.3) is 15.9 Å². The van der Waals surface area contributed by atoms with Gasteiger partial charge in [0.1, 0.15) is 10.6 Å². The first-order valence-corrected chi connectivity index (χ1v) is 10.9. The number of halogens is 1. The van der Waals surface area contributed by atoms with Crippen LogP contribution >= 0.6 is 15.9 Å². The van der Waals surface area contributed by atoms with E-state index in [0.29, 0.717) is 24.3 Å². The number of likely N-dealkylation sites (tertiary alicyclic amines) is 1. The Bertz CT molecular complexity index is 923. The molecule has 0 atom stereocenters. The molecule has 0 aliphatic carbocycles. The molecule has 1 aliphatic heterocycles. The number of hydrogen-bond donors (Lipinski definition) is 1. The molecule has 2 aromatic rings. The van der Waals surface area contributed by atoms with E-state index in [2.05, 4.69) is 20.7 Å². The molecule has 1 heterocycles. The first kappa shape index (κ1) is 19.7. The lowest BCUT2D eigenvalue weighted by atomic mass is 10.1. The molecule has 1 N–H and O–H groups in total. The molecule has 144 valence electrons. The van der Waals surface area contributed by atoms with Crippen molar-refractivity contribution in [3.63, 3.8) is 0 Å². The molecule has 0 bridgehead atoms. The molecule has 1 saturated heterocycles. The lowest BCUT2D eigenvalue weighted by molar-refractivity contribution is 0.0724. The van der Waals surface area contributed by atoms with E-state index in [1.54, 1.807) is 35.2 Å². The first-order chi connectivity index (χ1) is 12.9. The molecule has 1 fully saturated rings. The second-order valence-electron chi connectivity index (χ2n) is 6.33. The van der Waals surface area contributed by atoms with Crippen molar-refractivity contribution in [1.29, 1.82) is 0 Å². The second-order valence-corrected chi connectivity index (χ2v) is 8.90. The van der Waals surface area contributed by atoms with E-state index in [-0.39, 0.29) is 16.6 Å². The monoisotopic (exact) mass is 452 g/mol. The van der Waals surface area contributed by atoms with Crippen LogP contribution in [-0.2, 0) is 10.0 Å². The Kier molecular flexibility index (Phi) is 6.06. The number of benzene rings is 2. The number of carbonyl (C=O) groups is 1. The van der Waals surface area contributed by atoms with Crippen LogP contribution in [0, 0.1) is 0 Å². The molecule has 8 heteroatoms. The van der Waals surface area contributed by atoms with Crippen LogP contribution in [0.25, 0.3) is 0 Å². The van der Waals surface area contributed by atoms with Crippen LogP contribution in [0.15, 0.2) is 51.8 Å². The maximum atomic E-state index is 12.9. The number of rotatable bonds is 5. The third-order valence-electron chi connectivity index (χ3n) is 4.44. The van der Waals surface area contributed by atoms with E-state index in [4.69, 9.17) is 4.74 Å². The second kappa shape index (κ2) is 8.31. The predicted octanol–water partition coefficient (Wildman–Crippen LogP) is 3.88. The molecule has 0 aromatic heterocycles. The Morgan fingerprint density at radius 2 is 1.74 bits per heavy atom. The Morgan fingerprint density at radius 1 is 1.07 bits per heavy atom. The molecule has 2 aromatic carbocycles. The third-order valence-corrected chi connectivity index (χ3v) is 6.37. The van der Waals surface area contributed by atoms with E-state index >= 15 is 0 Å². The number of methoxy groups -OCH3 is 1. The summed E-state index contributed by atoms with van der Waals surface area (Å²) in [6.07, 6.45) is 3.06. The highest BCUT2D eigenvalue weighted by Crippen LogP contribution is 2.28. The van der Waals surface area contributed by atoms with Crippen LogP contribution in [-0.4, -0.2) is 39.4 Å². The van der Waals surface area contributed by atoms with E-state index in [0.717, 1.165) is 23.7 Å². The molecular formula is C19H21BrN2O4S. The van der Waals surface area contributed by atoms with Crippen molar-refractivity contribution in [2.45, 2.75) is 24.2 Å². The SMILES string of the molecule is COc1ccc(C(=O)N2CCCCC2)cc1S(=O)(=O)Nc1ccc(Br)cc1. The standard InChI is InChI=1S/C19H21BrN2O4S/c1-26-17-10-5-14(19(23)22-11-3-2-4-12-22)13-18(17)27(24,25)21-16-8-6-15(20)7-9-16/h5-10,13,21H,2-4,11-12H2,1H3. The van der Waals surface area contributed by atoms with Gasteiger partial charge in [-0.1, -0.05) is 15.9 Å². The van der Waals surface area contributed by atoms with Gasteiger partial charge in [-0.3, -0.25) is 9.52 Å². The smallest absolute Gasteiger partial charge is 0.265 e. The number of sulfonamides is 1. The van der Waals surface area contributed by atoms with Gasteiger partial charge >= 0.3 is 0 Å². The van der Waals surface area contributed by atoms with Gasteiger partial charge in [0.2, 0.25) is 0 Å². The minimum atomic E-state index is -3.92. The van der Waals surface area contributed by atoms with Gasteiger partial charge in [0.15, 0.2) is 0 Å². The first-order valence-electron chi connectivity index (χ1n) is 8.66. The van der Waals surface area contributed by atoms with Crippen molar-refractivity contribution < 1.29 is 17.9 Å². The van der Waals surface area contributed by atoms with Crippen LogP contribution in [0.1, 0.15) is 29.6 Å². The number of piperidine rings is 1. The summed E-state index contributed by atoms with van der Waals surface area (Å²) in [5, 5.41) is 0. The van der Waals surface area contributed by atoms with Crippen LogP contribution in [0.3, 0.4) is 0 Å². The number of carbonyl (C=O) groups excluding carboxylic acids is 1. The zero-order valence-corrected chi connectivity index (χ0v) is 17.3. The van der Waals surface area contributed by atoms with Gasteiger partial charge in [-0.05, 0) is 61.7 Å². The lowest BCUT2D eigenvalue weighted by Crippen LogP contribution is -2.35. The van der Waals surface area contributed by atoms with Gasteiger partial charge in [-0.15, -0.1) is 0 Å². The zero-order valence-electron chi connectivity index (χ0n) is 14.9. The van der Waals surface area contributed by atoms with E-state index < -0.39 is 10.0 Å². The number of amides is 1. The summed E-state index contributed by atoms with van der Waals surface area (Å²) in [6.45, 7) is 1.40. The summed E-state index contributed by atoms with van der Waals surface area (Å²) in [5.74, 6) is 0.0345. The maximum Gasteiger partial charge on any atom is 0.265 e. The molecule has 3 rings (SSSR count).